The lowest BCUT2D eigenvalue weighted by Gasteiger charge is -2.21. The Morgan fingerprint density at radius 1 is 0.968 bits per heavy atom. The molecular weight excluding hydrogens is 428 g/mol. The minimum atomic E-state index is -1.31. The van der Waals surface area contributed by atoms with E-state index in [9.17, 15) is 29.1 Å². The van der Waals surface area contributed by atoms with Crippen LogP contribution < -0.4 is 21.7 Å². The molecule has 1 rings (SSSR count). The molecule has 0 aliphatic heterocycles. The summed E-state index contributed by atoms with van der Waals surface area (Å²) in [6, 6.07) is 5.09. The minimum absolute atomic E-state index is 0.000810. The molecule has 3 atom stereocenters. The Labute approximate surface area is 184 Å². The quantitative estimate of drug-likeness (QED) is 0.176. The van der Waals surface area contributed by atoms with Crippen molar-refractivity contribution in [1.29, 1.82) is 0 Å². The van der Waals surface area contributed by atoms with Crippen molar-refractivity contribution in [1.82, 2.24) is 16.0 Å². The van der Waals surface area contributed by atoms with E-state index in [0.717, 1.165) is 0 Å². The van der Waals surface area contributed by atoms with Crippen molar-refractivity contribution in [2.45, 2.75) is 37.4 Å². The van der Waals surface area contributed by atoms with Gasteiger partial charge < -0.3 is 31.9 Å². The molecule has 0 saturated carbocycles. The van der Waals surface area contributed by atoms with Gasteiger partial charge in [0.05, 0.1) is 12.6 Å². The smallest absolute Gasteiger partial charge is 0.326 e. The van der Waals surface area contributed by atoms with E-state index in [0.29, 0.717) is 5.56 Å². The molecule has 0 radical (unpaired) electrons. The van der Waals surface area contributed by atoms with Crippen LogP contribution in [-0.2, 0) is 30.4 Å². The normalized spacial score (nSPS) is 13.4. The number of carbonyl (C=O) groups excluding carboxylic acids is 3. The largest absolute Gasteiger partial charge is 0.481 e. The third-order valence-corrected chi connectivity index (χ3v) is 4.55. The van der Waals surface area contributed by atoms with Crippen LogP contribution in [0.1, 0.15) is 18.4 Å². The SMILES string of the molecule is NC(CS)C(=O)NCC(=O)NC(CCC(=O)O)C(=O)NC(Cc1ccccc1)C(=O)O. The van der Waals surface area contributed by atoms with Crippen LogP contribution in [0.2, 0.25) is 0 Å². The summed E-state index contributed by atoms with van der Waals surface area (Å²) in [5.74, 6) is -4.65. The fourth-order valence-electron chi connectivity index (χ4n) is 2.49. The first kappa shape index (κ1) is 25.9. The van der Waals surface area contributed by atoms with Gasteiger partial charge in [0.25, 0.3) is 0 Å². The van der Waals surface area contributed by atoms with Crippen molar-refractivity contribution in [3.63, 3.8) is 0 Å². The monoisotopic (exact) mass is 454 g/mol. The molecule has 170 valence electrons. The lowest BCUT2D eigenvalue weighted by molar-refractivity contribution is -0.143. The predicted molar refractivity (Wildman–Crippen MR) is 113 cm³/mol. The summed E-state index contributed by atoms with van der Waals surface area (Å²) >= 11 is 3.87. The molecule has 7 N–H and O–H groups in total. The van der Waals surface area contributed by atoms with Crippen LogP contribution in [0.25, 0.3) is 0 Å². The van der Waals surface area contributed by atoms with Gasteiger partial charge in [0.1, 0.15) is 12.1 Å². The highest BCUT2D eigenvalue weighted by molar-refractivity contribution is 7.80. The number of rotatable bonds is 13. The predicted octanol–water partition coefficient (Wildman–Crippen LogP) is -1.48. The molecule has 0 spiro atoms. The molecule has 0 bridgehead atoms. The standard InChI is InChI=1S/C19H26N4O7S/c20-12(10-31)17(27)21-9-15(24)22-13(6-7-16(25)26)18(28)23-14(19(29)30)8-11-4-2-1-3-5-11/h1-5,12-14,31H,6-10,20H2,(H,21,27)(H,22,24)(H,23,28)(H,25,26)(H,29,30). The summed E-state index contributed by atoms with van der Waals surface area (Å²) in [7, 11) is 0. The Bertz CT molecular complexity index is 791. The van der Waals surface area contributed by atoms with E-state index >= 15 is 0 Å². The number of carboxylic acids is 2. The maximum absolute atomic E-state index is 12.6. The zero-order chi connectivity index (χ0) is 23.4. The Balaban J connectivity index is 2.78. The van der Waals surface area contributed by atoms with E-state index in [2.05, 4.69) is 28.6 Å². The number of carboxylic acid groups (broad SMARTS) is 2. The zero-order valence-corrected chi connectivity index (χ0v) is 17.5. The van der Waals surface area contributed by atoms with Gasteiger partial charge in [-0.1, -0.05) is 30.3 Å². The number of carbonyl (C=O) groups is 5. The van der Waals surface area contributed by atoms with Crippen molar-refractivity contribution in [2.24, 2.45) is 5.73 Å². The second-order valence-electron chi connectivity index (χ2n) is 6.65. The molecule has 0 aliphatic carbocycles. The van der Waals surface area contributed by atoms with E-state index in [1.807, 2.05) is 0 Å². The Morgan fingerprint density at radius 3 is 2.16 bits per heavy atom. The van der Waals surface area contributed by atoms with Gasteiger partial charge in [-0.05, 0) is 12.0 Å². The Hall–Kier alpha value is -3.12. The maximum atomic E-state index is 12.6. The topological polar surface area (TPSA) is 188 Å². The fraction of sp³-hybridized carbons (Fsp3) is 0.421. The highest BCUT2D eigenvalue weighted by atomic mass is 32.1. The molecule has 12 heteroatoms. The van der Waals surface area contributed by atoms with Gasteiger partial charge >= 0.3 is 11.9 Å². The van der Waals surface area contributed by atoms with Crippen LogP contribution in [0, 0.1) is 0 Å². The number of hydrogen-bond acceptors (Lipinski definition) is 7. The van der Waals surface area contributed by atoms with Gasteiger partial charge in [-0.25, -0.2) is 4.79 Å². The summed E-state index contributed by atoms with van der Waals surface area (Å²) in [6.45, 7) is -0.496. The van der Waals surface area contributed by atoms with Gasteiger partial charge in [0.2, 0.25) is 17.7 Å². The molecule has 1 aromatic carbocycles. The number of amides is 3. The summed E-state index contributed by atoms with van der Waals surface area (Å²) < 4.78 is 0. The third-order valence-electron chi connectivity index (χ3n) is 4.15. The lowest BCUT2D eigenvalue weighted by atomic mass is 10.0. The molecular formula is C19H26N4O7S. The average Bonchev–Trinajstić information content (AvgIpc) is 2.74. The fourth-order valence-corrected chi connectivity index (χ4v) is 2.65. The van der Waals surface area contributed by atoms with Crippen molar-refractivity contribution >= 4 is 42.3 Å². The summed E-state index contributed by atoms with van der Waals surface area (Å²) in [4.78, 5) is 58.8. The number of hydrogen-bond donors (Lipinski definition) is 7. The molecule has 0 saturated heterocycles. The van der Waals surface area contributed by atoms with Gasteiger partial charge in [-0.3, -0.25) is 19.2 Å². The van der Waals surface area contributed by atoms with Crippen LogP contribution in [0.3, 0.4) is 0 Å². The minimum Gasteiger partial charge on any atom is -0.481 e. The number of nitrogens with two attached hydrogens (primary N) is 1. The molecule has 3 amide bonds. The van der Waals surface area contributed by atoms with Crippen LogP contribution >= 0.6 is 12.6 Å². The van der Waals surface area contributed by atoms with E-state index in [4.69, 9.17) is 10.8 Å². The van der Waals surface area contributed by atoms with Crippen LogP contribution in [0.4, 0.5) is 0 Å². The highest BCUT2D eigenvalue weighted by Crippen LogP contribution is 2.05. The zero-order valence-electron chi connectivity index (χ0n) is 16.6. The highest BCUT2D eigenvalue weighted by Gasteiger charge is 2.27. The molecule has 0 aromatic heterocycles. The van der Waals surface area contributed by atoms with E-state index in [1.165, 1.54) is 0 Å². The second-order valence-corrected chi connectivity index (χ2v) is 7.01. The van der Waals surface area contributed by atoms with Crippen LogP contribution in [0.5, 0.6) is 0 Å². The molecule has 11 nitrogen and oxygen atoms in total. The number of thiol groups is 1. The Kier molecular flexibility index (Phi) is 11.1. The number of nitrogens with one attached hydrogen (secondary N) is 3. The van der Waals surface area contributed by atoms with E-state index in [-0.39, 0.29) is 18.6 Å². The number of aliphatic carboxylic acids is 2. The first-order chi connectivity index (χ1) is 14.6. The third kappa shape index (κ3) is 9.96. The first-order valence-corrected chi connectivity index (χ1v) is 9.99. The molecule has 3 unspecified atom stereocenters. The van der Waals surface area contributed by atoms with Gasteiger partial charge in [-0.15, -0.1) is 0 Å². The van der Waals surface area contributed by atoms with Crippen LogP contribution in [0.15, 0.2) is 30.3 Å². The van der Waals surface area contributed by atoms with Crippen molar-refractivity contribution in [2.75, 3.05) is 12.3 Å². The van der Waals surface area contributed by atoms with E-state index in [1.54, 1.807) is 30.3 Å². The van der Waals surface area contributed by atoms with Crippen molar-refractivity contribution in [3.8, 4) is 0 Å². The van der Waals surface area contributed by atoms with Gasteiger partial charge in [0, 0.05) is 18.6 Å². The summed E-state index contributed by atoms with van der Waals surface area (Å²) in [6.07, 6.45) is -0.709. The summed E-state index contributed by atoms with van der Waals surface area (Å²) in [5.41, 5.74) is 6.15. The molecule has 0 heterocycles. The van der Waals surface area contributed by atoms with Crippen molar-refractivity contribution in [3.05, 3.63) is 35.9 Å². The molecule has 0 fully saturated rings. The summed E-state index contributed by atoms with van der Waals surface area (Å²) in [5, 5.41) is 25.2. The molecule has 0 aliphatic rings. The van der Waals surface area contributed by atoms with Gasteiger partial charge in [0.15, 0.2) is 0 Å². The lowest BCUT2D eigenvalue weighted by Crippen LogP contribution is -2.54. The van der Waals surface area contributed by atoms with Gasteiger partial charge in [-0.2, -0.15) is 12.6 Å². The first-order valence-electron chi connectivity index (χ1n) is 9.36. The second kappa shape index (κ2) is 13.2. The average molecular weight is 455 g/mol. The van der Waals surface area contributed by atoms with E-state index < -0.39 is 60.8 Å². The van der Waals surface area contributed by atoms with Crippen LogP contribution in [-0.4, -0.2) is 70.3 Å². The molecule has 31 heavy (non-hydrogen) atoms. The number of benzene rings is 1. The molecule has 1 aromatic rings. The maximum Gasteiger partial charge on any atom is 0.326 e. The Morgan fingerprint density at radius 2 is 1.61 bits per heavy atom. The van der Waals surface area contributed by atoms with Crippen molar-refractivity contribution < 1.29 is 34.2 Å².